The van der Waals surface area contributed by atoms with Gasteiger partial charge in [0.05, 0.1) is 12.5 Å². The molecular formula is C9H10N2O2. The molecule has 68 valence electrons. The third-order valence-corrected chi connectivity index (χ3v) is 1.79. The molecule has 0 spiro atoms. The molecule has 0 aliphatic carbocycles. The number of nitrogens with zero attached hydrogens (tertiary/aromatic N) is 1. The van der Waals surface area contributed by atoms with Gasteiger partial charge < -0.3 is 14.3 Å². The molecule has 13 heavy (non-hydrogen) atoms. The Kier molecular flexibility index (Phi) is 2.04. The summed E-state index contributed by atoms with van der Waals surface area (Å²) in [4.78, 5) is 0. The third kappa shape index (κ3) is 1.72. The summed E-state index contributed by atoms with van der Waals surface area (Å²) in [5.74, 6) is 0.779. The Bertz CT molecular complexity index is 365. The predicted molar refractivity (Wildman–Crippen MR) is 47.3 cm³/mol. The summed E-state index contributed by atoms with van der Waals surface area (Å²) in [6, 6.07) is 1.91. The summed E-state index contributed by atoms with van der Waals surface area (Å²) in [5.41, 5.74) is 2.09. The van der Waals surface area contributed by atoms with Crippen molar-refractivity contribution in [3.63, 3.8) is 0 Å². The van der Waals surface area contributed by atoms with Gasteiger partial charge in [0.1, 0.15) is 6.26 Å². The van der Waals surface area contributed by atoms with Crippen molar-refractivity contribution in [1.82, 2.24) is 5.16 Å². The van der Waals surface area contributed by atoms with E-state index in [2.05, 4.69) is 10.5 Å². The van der Waals surface area contributed by atoms with Crippen LogP contribution in [0.25, 0.3) is 0 Å². The van der Waals surface area contributed by atoms with Gasteiger partial charge in [0.2, 0.25) is 0 Å². The standard InChI is InChI=1S/C9H10N2O2/c1-7-5-13-11-9(7)10-4-8-2-3-12-6-8/h2-3,5-6H,4H2,1H3,(H,10,11). The minimum Gasteiger partial charge on any atom is -0.472 e. The van der Waals surface area contributed by atoms with Crippen molar-refractivity contribution in [2.45, 2.75) is 13.5 Å². The predicted octanol–water partition coefficient (Wildman–Crippen LogP) is 2.19. The van der Waals surface area contributed by atoms with E-state index in [1.54, 1.807) is 18.8 Å². The van der Waals surface area contributed by atoms with Gasteiger partial charge in [-0.05, 0) is 13.0 Å². The first-order chi connectivity index (χ1) is 6.36. The average molecular weight is 178 g/mol. The fourth-order valence-electron chi connectivity index (χ4n) is 1.04. The Hall–Kier alpha value is -1.71. The Morgan fingerprint density at radius 2 is 2.38 bits per heavy atom. The van der Waals surface area contributed by atoms with Crippen molar-refractivity contribution in [3.05, 3.63) is 36.0 Å². The molecule has 4 nitrogen and oxygen atoms in total. The zero-order chi connectivity index (χ0) is 9.10. The molecule has 0 atom stereocenters. The molecule has 0 fully saturated rings. The first-order valence-corrected chi connectivity index (χ1v) is 4.02. The van der Waals surface area contributed by atoms with Gasteiger partial charge in [-0.25, -0.2) is 0 Å². The lowest BCUT2D eigenvalue weighted by molar-refractivity contribution is 0.421. The van der Waals surface area contributed by atoms with E-state index in [0.29, 0.717) is 6.54 Å². The summed E-state index contributed by atoms with van der Waals surface area (Å²) in [6.07, 6.45) is 4.95. The number of hydrogen-bond donors (Lipinski definition) is 1. The molecule has 0 saturated heterocycles. The molecule has 0 aliphatic heterocycles. The van der Waals surface area contributed by atoms with Crippen molar-refractivity contribution in [2.75, 3.05) is 5.32 Å². The highest BCUT2D eigenvalue weighted by Gasteiger charge is 2.01. The van der Waals surface area contributed by atoms with Crippen LogP contribution in [0.4, 0.5) is 5.82 Å². The van der Waals surface area contributed by atoms with Gasteiger partial charge in [-0.15, -0.1) is 0 Å². The molecule has 0 bridgehead atoms. The maximum absolute atomic E-state index is 4.93. The Morgan fingerprint density at radius 3 is 3.00 bits per heavy atom. The van der Waals surface area contributed by atoms with Crippen LogP contribution < -0.4 is 5.32 Å². The zero-order valence-electron chi connectivity index (χ0n) is 7.28. The quantitative estimate of drug-likeness (QED) is 0.782. The van der Waals surface area contributed by atoms with Crippen LogP contribution in [0.5, 0.6) is 0 Å². The van der Waals surface area contributed by atoms with Gasteiger partial charge >= 0.3 is 0 Å². The molecular weight excluding hydrogens is 168 g/mol. The van der Waals surface area contributed by atoms with Crippen LogP contribution in [0, 0.1) is 6.92 Å². The van der Waals surface area contributed by atoms with Gasteiger partial charge in [0.15, 0.2) is 5.82 Å². The second-order valence-electron chi connectivity index (χ2n) is 2.83. The van der Waals surface area contributed by atoms with Crippen LogP contribution in [0.2, 0.25) is 0 Å². The molecule has 1 N–H and O–H groups in total. The molecule has 2 aromatic heterocycles. The van der Waals surface area contributed by atoms with Crippen molar-refractivity contribution in [2.24, 2.45) is 0 Å². The highest BCUT2D eigenvalue weighted by Crippen LogP contribution is 2.12. The van der Waals surface area contributed by atoms with Gasteiger partial charge in [-0.2, -0.15) is 0 Å². The molecule has 0 aliphatic rings. The smallest absolute Gasteiger partial charge is 0.172 e. The first kappa shape index (κ1) is 7.91. The molecule has 0 amide bonds. The summed E-state index contributed by atoms with van der Waals surface area (Å²) in [7, 11) is 0. The SMILES string of the molecule is Cc1conc1NCc1ccoc1. The van der Waals surface area contributed by atoms with Crippen LogP contribution in [0.15, 0.2) is 33.8 Å². The van der Waals surface area contributed by atoms with Crippen LogP contribution in [0.3, 0.4) is 0 Å². The highest BCUT2D eigenvalue weighted by atomic mass is 16.5. The Morgan fingerprint density at radius 1 is 1.46 bits per heavy atom. The summed E-state index contributed by atoms with van der Waals surface area (Å²) < 4.78 is 9.71. The molecule has 4 heteroatoms. The largest absolute Gasteiger partial charge is 0.472 e. The van der Waals surface area contributed by atoms with Gasteiger partial charge in [0.25, 0.3) is 0 Å². The minimum atomic E-state index is 0.698. The number of hydrogen-bond acceptors (Lipinski definition) is 4. The number of aryl methyl sites for hydroxylation is 1. The third-order valence-electron chi connectivity index (χ3n) is 1.79. The molecule has 2 heterocycles. The fourth-order valence-corrected chi connectivity index (χ4v) is 1.04. The maximum atomic E-state index is 4.93. The lowest BCUT2D eigenvalue weighted by atomic mass is 10.3. The van der Waals surface area contributed by atoms with E-state index < -0.39 is 0 Å². The van der Waals surface area contributed by atoms with E-state index in [1.807, 2.05) is 13.0 Å². The van der Waals surface area contributed by atoms with Gasteiger partial charge in [0, 0.05) is 17.7 Å². The Labute approximate surface area is 75.5 Å². The number of anilines is 1. The van der Waals surface area contributed by atoms with E-state index in [9.17, 15) is 0 Å². The van der Waals surface area contributed by atoms with Crippen LogP contribution in [0.1, 0.15) is 11.1 Å². The van der Waals surface area contributed by atoms with Crippen molar-refractivity contribution < 1.29 is 8.94 Å². The monoisotopic (exact) mass is 178 g/mol. The average Bonchev–Trinajstić information content (AvgIpc) is 2.72. The molecule has 2 aromatic rings. The second-order valence-corrected chi connectivity index (χ2v) is 2.83. The van der Waals surface area contributed by atoms with Gasteiger partial charge in [-0.1, -0.05) is 5.16 Å². The number of furan rings is 1. The number of aromatic nitrogens is 1. The molecule has 0 radical (unpaired) electrons. The van der Waals surface area contributed by atoms with E-state index in [1.165, 1.54) is 0 Å². The number of nitrogens with one attached hydrogen (secondary N) is 1. The van der Waals surface area contributed by atoms with E-state index in [4.69, 9.17) is 8.94 Å². The van der Waals surface area contributed by atoms with Crippen molar-refractivity contribution >= 4 is 5.82 Å². The van der Waals surface area contributed by atoms with E-state index in [0.717, 1.165) is 16.9 Å². The second kappa shape index (κ2) is 3.35. The van der Waals surface area contributed by atoms with Crippen molar-refractivity contribution in [3.8, 4) is 0 Å². The molecule has 0 unspecified atom stereocenters. The lowest BCUT2D eigenvalue weighted by Gasteiger charge is -1.99. The topological polar surface area (TPSA) is 51.2 Å². The molecule has 0 saturated carbocycles. The minimum absolute atomic E-state index is 0.698. The maximum Gasteiger partial charge on any atom is 0.172 e. The van der Waals surface area contributed by atoms with E-state index >= 15 is 0 Å². The highest BCUT2D eigenvalue weighted by molar-refractivity contribution is 5.40. The van der Waals surface area contributed by atoms with Crippen molar-refractivity contribution in [1.29, 1.82) is 0 Å². The molecule has 0 aromatic carbocycles. The zero-order valence-corrected chi connectivity index (χ0v) is 7.28. The van der Waals surface area contributed by atoms with Crippen LogP contribution >= 0.6 is 0 Å². The normalized spacial score (nSPS) is 10.2. The van der Waals surface area contributed by atoms with Gasteiger partial charge in [-0.3, -0.25) is 0 Å². The Balaban J connectivity index is 1.97. The van der Waals surface area contributed by atoms with Crippen LogP contribution in [-0.4, -0.2) is 5.16 Å². The fraction of sp³-hybridized carbons (Fsp3) is 0.222. The van der Waals surface area contributed by atoms with E-state index in [-0.39, 0.29) is 0 Å². The lowest BCUT2D eigenvalue weighted by Crippen LogP contribution is -1.99. The van der Waals surface area contributed by atoms with Crippen LogP contribution in [-0.2, 0) is 6.54 Å². The summed E-state index contributed by atoms with van der Waals surface area (Å²) in [6.45, 7) is 2.64. The summed E-state index contributed by atoms with van der Waals surface area (Å²) >= 11 is 0. The number of rotatable bonds is 3. The summed E-state index contributed by atoms with van der Waals surface area (Å²) in [5, 5.41) is 6.93. The molecule has 2 rings (SSSR count). The first-order valence-electron chi connectivity index (χ1n) is 4.02.